The second-order valence-electron chi connectivity index (χ2n) is 6.28. The van der Waals surface area contributed by atoms with E-state index in [-0.39, 0.29) is 5.91 Å². The van der Waals surface area contributed by atoms with Gasteiger partial charge in [0, 0.05) is 5.56 Å². The highest BCUT2D eigenvalue weighted by Gasteiger charge is 2.17. The minimum atomic E-state index is -0.274. The molecule has 138 valence electrons. The average molecular weight is 369 g/mol. The summed E-state index contributed by atoms with van der Waals surface area (Å²) in [6.45, 7) is 0.514. The monoisotopic (exact) mass is 369 g/mol. The standard InChI is InChI=1S/C23H19N3O2/c27-23-21(24-22(25-26-23)19-9-5-2-6-10-19)15-17-11-13-20(14-12-17)28-16-18-7-3-1-4-8-18/h1-15H,16H2,(H,24,25)(H,26,27)/b21-15+. The molecule has 0 saturated carbocycles. The third-order valence-electron chi connectivity index (χ3n) is 4.24. The summed E-state index contributed by atoms with van der Waals surface area (Å²) in [7, 11) is 0. The number of nitrogens with zero attached hydrogens (tertiary/aromatic N) is 1. The van der Waals surface area contributed by atoms with Crippen LogP contribution in [0.1, 0.15) is 16.7 Å². The van der Waals surface area contributed by atoms with E-state index in [2.05, 4.69) is 15.8 Å². The van der Waals surface area contributed by atoms with Gasteiger partial charge < -0.3 is 4.74 Å². The molecule has 4 rings (SSSR count). The van der Waals surface area contributed by atoms with Crippen molar-refractivity contribution in [3.8, 4) is 5.75 Å². The highest BCUT2D eigenvalue weighted by Crippen LogP contribution is 2.17. The Labute approximate surface area is 163 Å². The first kappa shape index (κ1) is 17.5. The molecule has 1 aliphatic rings. The molecule has 1 heterocycles. The SMILES string of the molecule is O=C1NNC(c2ccccc2)=N/C1=C/c1ccc(OCc2ccccc2)cc1. The highest BCUT2D eigenvalue weighted by molar-refractivity contribution is 6.09. The van der Waals surface area contributed by atoms with E-state index in [4.69, 9.17) is 4.74 Å². The van der Waals surface area contributed by atoms with Crippen LogP contribution in [0.15, 0.2) is 95.6 Å². The predicted molar refractivity (Wildman–Crippen MR) is 109 cm³/mol. The summed E-state index contributed by atoms with van der Waals surface area (Å²) in [5, 5.41) is 0. The summed E-state index contributed by atoms with van der Waals surface area (Å²) in [6, 6.07) is 27.2. The predicted octanol–water partition coefficient (Wildman–Crippen LogP) is 3.69. The molecule has 5 nitrogen and oxygen atoms in total. The Morgan fingerprint density at radius 1 is 0.821 bits per heavy atom. The molecule has 3 aromatic carbocycles. The molecule has 2 N–H and O–H groups in total. The van der Waals surface area contributed by atoms with Crippen molar-refractivity contribution in [3.63, 3.8) is 0 Å². The fourth-order valence-electron chi connectivity index (χ4n) is 2.77. The van der Waals surface area contributed by atoms with Crippen molar-refractivity contribution < 1.29 is 9.53 Å². The maximum absolute atomic E-state index is 12.1. The third kappa shape index (κ3) is 4.27. The number of nitrogens with one attached hydrogen (secondary N) is 2. The first-order valence-corrected chi connectivity index (χ1v) is 8.97. The van der Waals surface area contributed by atoms with Crippen LogP contribution in [0, 0.1) is 0 Å². The number of hydrogen-bond acceptors (Lipinski definition) is 4. The summed E-state index contributed by atoms with van der Waals surface area (Å²) in [5.41, 5.74) is 8.70. The maximum atomic E-state index is 12.1. The van der Waals surface area contributed by atoms with E-state index in [0.717, 1.165) is 22.4 Å². The van der Waals surface area contributed by atoms with Crippen molar-refractivity contribution in [3.05, 3.63) is 107 Å². The summed E-state index contributed by atoms with van der Waals surface area (Å²) >= 11 is 0. The van der Waals surface area contributed by atoms with Gasteiger partial charge in [0.05, 0.1) is 0 Å². The first-order valence-electron chi connectivity index (χ1n) is 8.97. The average Bonchev–Trinajstić information content (AvgIpc) is 2.76. The zero-order valence-corrected chi connectivity index (χ0v) is 15.1. The van der Waals surface area contributed by atoms with Gasteiger partial charge in [-0.25, -0.2) is 4.99 Å². The fraction of sp³-hybridized carbons (Fsp3) is 0.0435. The van der Waals surface area contributed by atoms with E-state index in [0.29, 0.717) is 18.1 Å². The molecule has 0 fully saturated rings. The summed E-state index contributed by atoms with van der Waals surface area (Å²) in [4.78, 5) is 16.6. The number of carbonyl (C=O) groups excluding carboxylic acids is 1. The van der Waals surface area contributed by atoms with Crippen molar-refractivity contribution in [2.75, 3.05) is 0 Å². The van der Waals surface area contributed by atoms with Crippen molar-refractivity contribution in [2.24, 2.45) is 4.99 Å². The molecule has 0 radical (unpaired) electrons. The van der Waals surface area contributed by atoms with E-state index in [9.17, 15) is 4.79 Å². The van der Waals surface area contributed by atoms with Gasteiger partial charge in [0.15, 0.2) is 5.84 Å². The Morgan fingerprint density at radius 3 is 2.21 bits per heavy atom. The van der Waals surface area contributed by atoms with Gasteiger partial charge >= 0.3 is 0 Å². The van der Waals surface area contributed by atoms with Crippen molar-refractivity contribution in [1.82, 2.24) is 10.9 Å². The number of hydrogen-bond donors (Lipinski definition) is 2. The van der Waals surface area contributed by atoms with Gasteiger partial charge in [-0.1, -0.05) is 72.8 Å². The number of hydrazine groups is 1. The third-order valence-corrected chi connectivity index (χ3v) is 4.24. The van der Waals surface area contributed by atoms with Crippen molar-refractivity contribution >= 4 is 17.8 Å². The van der Waals surface area contributed by atoms with Crippen LogP contribution in [0.5, 0.6) is 5.75 Å². The highest BCUT2D eigenvalue weighted by atomic mass is 16.5. The van der Waals surface area contributed by atoms with Crippen LogP contribution >= 0.6 is 0 Å². The number of benzene rings is 3. The maximum Gasteiger partial charge on any atom is 0.288 e. The minimum Gasteiger partial charge on any atom is -0.489 e. The second-order valence-corrected chi connectivity index (χ2v) is 6.28. The Morgan fingerprint density at radius 2 is 1.50 bits per heavy atom. The van der Waals surface area contributed by atoms with Crippen LogP contribution < -0.4 is 15.6 Å². The molecule has 0 bridgehead atoms. The zero-order chi connectivity index (χ0) is 19.2. The summed E-state index contributed by atoms with van der Waals surface area (Å²) in [5.74, 6) is 1.10. The number of amides is 1. The van der Waals surface area contributed by atoms with Gasteiger partial charge in [-0.15, -0.1) is 0 Å². The lowest BCUT2D eigenvalue weighted by Crippen LogP contribution is -2.46. The lowest BCUT2D eigenvalue weighted by molar-refractivity contribution is -0.118. The van der Waals surface area contributed by atoms with Gasteiger partial charge in [-0.05, 0) is 29.3 Å². The van der Waals surface area contributed by atoms with Crippen LogP contribution in [0.25, 0.3) is 6.08 Å². The lowest BCUT2D eigenvalue weighted by Gasteiger charge is -2.17. The molecule has 3 aromatic rings. The minimum absolute atomic E-state index is 0.274. The number of aliphatic imine (C=N–C) groups is 1. The second kappa shape index (κ2) is 8.22. The molecule has 0 atom stereocenters. The van der Waals surface area contributed by atoms with Gasteiger partial charge in [-0.2, -0.15) is 0 Å². The van der Waals surface area contributed by atoms with Gasteiger partial charge in [0.25, 0.3) is 5.91 Å². The van der Waals surface area contributed by atoms with Gasteiger partial charge in [0.1, 0.15) is 18.1 Å². The van der Waals surface area contributed by atoms with E-state index in [1.54, 1.807) is 6.08 Å². The molecular formula is C23H19N3O2. The van der Waals surface area contributed by atoms with Crippen molar-refractivity contribution in [2.45, 2.75) is 6.61 Å². The van der Waals surface area contributed by atoms with Crippen LogP contribution in [0.4, 0.5) is 0 Å². The Hall–Kier alpha value is -3.86. The fourth-order valence-corrected chi connectivity index (χ4v) is 2.77. The summed E-state index contributed by atoms with van der Waals surface area (Å²) in [6.07, 6.45) is 1.75. The van der Waals surface area contributed by atoms with Crippen LogP contribution in [0.2, 0.25) is 0 Å². The molecule has 1 aliphatic heterocycles. The molecule has 0 spiro atoms. The molecule has 0 saturated heterocycles. The first-order chi connectivity index (χ1) is 13.8. The van der Waals surface area contributed by atoms with Crippen LogP contribution in [-0.4, -0.2) is 11.7 Å². The lowest BCUT2D eigenvalue weighted by atomic mass is 10.1. The zero-order valence-electron chi connectivity index (χ0n) is 15.1. The van der Waals surface area contributed by atoms with Crippen LogP contribution in [-0.2, 0) is 11.4 Å². The molecule has 0 aliphatic carbocycles. The Kier molecular flexibility index (Phi) is 5.15. The largest absolute Gasteiger partial charge is 0.489 e. The van der Waals surface area contributed by atoms with Gasteiger partial charge in [-0.3, -0.25) is 15.6 Å². The Balaban J connectivity index is 1.49. The number of carbonyl (C=O) groups is 1. The number of rotatable bonds is 5. The summed E-state index contributed by atoms with van der Waals surface area (Å²) < 4.78 is 5.80. The molecule has 28 heavy (non-hydrogen) atoms. The quantitative estimate of drug-likeness (QED) is 0.674. The van der Waals surface area contributed by atoms with E-state index >= 15 is 0 Å². The van der Waals surface area contributed by atoms with Crippen LogP contribution in [0.3, 0.4) is 0 Å². The molecular weight excluding hydrogens is 350 g/mol. The smallest absolute Gasteiger partial charge is 0.288 e. The van der Waals surface area contributed by atoms with Crippen molar-refractivity contribution in [1.29, 1.82) is 0 Å². The molecule has 1 amide bonds. The van der Waals surface area contributed by atoms with E-state index in [1.165, 1.54) is 0 Å². The van der Waals surface area contributed by atoms with E-state index < -0.39 is 0 Å². The molecule has 0 aromatic heterocycles. The number of amidine groups is 1. The Bertz CT molecular complexity index is 1010. The normalized spacial score (nSPS) is 14.8. The number of ether oxygens (including phenoxy) is 1. The molecule has 0 unspecified atom stereocenters. The van der Waals surface area contributed by atoms with E-state index in [1.807, 2.05) is 84.9 Å². The molecule has 5 heteroatoms. The topological polar surface area (TPSA) is 62.7 Å². The van der Waals surface area contributed by atoms with Gasteiger partial charge in [0.2, 0.25) is 0 Å².